The fourth-order valence-electron chi connectivity index (χ4n) is 2.93. The highest BCUT2D eigenvalue weighted by Gasteiger charge is 2.36. The number of nitrogens with one attached hydrogen (secondary N) is 1. The van der Waals surface area contributed by atoms with Gasteiger partial charge in [0.15, 0.2) is 6.61 Å². The smallest absolute Gasteiger partial charge is 0.311 e. The molecule has 1 atom stereocenters. The molecule has 1 heterocycles. The third-order valence-electron chi connectivity index (χ3n) is 4.39. The molecule has 152 valence electrons. The van der Waals surface area contributed by atoms with E-state index in [0.717, 1.165) is 0 Å². The maximum absolute atomic E-state index is 12.3. The van der Waals surface area contributed by atoms with E-state index in [-0.39, 0.29) is 23.9 Å². The third kappa shape index (κ3) is 4.99. The van der Waals surface area contributed by atoms with Gasteiger partial charge < -0.3 is 19.7 Å². The Kier molecular flexibility index (Phi) is 6.61. The summed E-state index contributed by atoms with van der Waals surface area (Å²) in [5, 5.41) is 3.02. The summed E-state index contributed by atoms with van der Waals surface area (Å²) in [6.45, 7) is -0.321. The van der Waals surface area contributed by atoms with Crippen LogP contribution in [-0.4, -0.2) is 38.0 Å². The van der Waals surface area contributed by atoms with E-state index in [4.69, 9.17) is 32.7 Å². The van der Waals surface area contributed by atoms with Gasteiger partial charge in [0, 0.05) is 24.7 Å². The van der Waals surface area contributed by atoms with E-state index in [1.807, 2.05) is 0 Å². The average Bonchev–Trinajstić information content (AvgIpc) is 3.11. The molecule has 2 aromatic rings. The van der Waals surface area contributed by atoms with Crippen molar-refractivity contribution in [2.24, 2.45) is 5.92 Å². The number of nitrogens with zero attached hydrogens (tertiary/aromatic N) is 1. The number of anilines is 2. The van der Waals surface area contributed by atoms with Crippen molar-refractivity contribution in [3.8, 4) is 5.75 Å². The maximum atomic E-state index is 12.3. The highest BCUT2D eigenvalue weighted by molar-refractivity contribution is 6.44. The van der Waals surface area contributed by atoms with E-state index in [1.54, 1.807) is 42.5 Å². The molecular weight excluding hydrogens is 419 g/mol. The number of methoxy groups -OCH3 is 1. The lowest BCUT2D eigenvalue weighted by Crippen LogP contribution is -2.28. The number of rotatable bonds is 6. The molecule has 1 fully saturated rings. The summed E-state index contributed by atoms with van der Waals surface area (Å²) >= 11 is 11.9. The van der Waals surface area contributed by atoms with E-state index >= 15 is 0 Å². The molecule has 29 heavy (non-hydrogen) atoms. The molecule has 7 nitrogen and oxygen atoms in total. The summed E-state index contributed by atoms with van der Waals surface area (Å²) in [6, 6.07) is 11.8. The van der Waals surface area contributed by atoms with Crippen LogP contribution in [-0.2, 0) is 19.1 Å². The first kappa shape index (κ1) is 21.0. The molecule has 0 aliphatic carbocycles. The molecule has 1 N–H and O–H groups in total. The van der Waals surface area contributed by atoms with E-state index in [2.05, 4.69) is 5.32 Å². The van der Waals surface area contributed by atoms with Crippen LogP contribution in [0.1, 0.15) is 6.42 Å². The van der Waals surface area contributed by atoms with Gasteiger partial charge >= 0.3 is 5.97 Å². The Labute approximate surface area is 177 Å². The van der Waals surface area contributed by atoms with Crippen LogP contribution >= 0.6 is 23.2 Å². The first-order valence-electron chi connectivity index (χ1n) is 8.74. The number of hydrogen-bond acceptors (Lipinski definition) is 5. The predicted octanol–water partition coefficient (Wildman–Crippen LogP) is 3.54. The Hall–Kier alpha value is -2.77. The van der Waals surface area contributed by atoms with Gasteiger partial charge in [0.2, 0.25) is 5.91 Å². The second-order valence-corrected chi connectivity index (χ2v) is 7.15. The van der Waals surface area contributed by atoms with E-state index in [1.165, 1.54) is 12.0 Å². The Morgan fingerprint density at radius 1 is 1.21 bits per heavy atom. The van der Waals surface area contributed by atoms with Crippen molar-refractivity contribution in [3.63, 3.8) is 0 Å². The van der Waals surface area contributed by atoms with Gasteiger partial charge in [-0.1, -0.05) is 35.3 Å². The molecule has 1 saturated heterocycles. The predicted molar refractivity (Wildman–Crippen MR) is 110 cm³/mol. The highest BCUT2D eigenvalue weighted by Crippen LogP contribution is 2.30. The maximum Gasteiger partial charge on any atom is 0.311 e. The number of benzene rings is 2. The lowest BCUT2D eigenvalue weighted by molar-refractivity contribution is -0.151. The van der Waals surface area contributed by atoms with Crippen LogP contribution in [0.15, 0.2) is 42.5 Å². The van der Waals surface area contributed by atoms with Crippen LogP contribution in [0, 0.1) is 5.92 Å². The Bertz CT molecular complexity index is 950. The first-order chi connectivity index (χ1) is 13.9. The number of hydrogen-bond donors (Lipinski definition) is 1. The van der Waals surface area contributed by atoms with Gasteiger partial charge in [0.1, 0.15) is 5.75 Å². The van der Waals surface area contributed by atoms with Crippen LogP contribution in [0.2, 0.25) is 10.0 Å². The van der Waals surface area contributed by atoms with Gasteiger partial charge in [0.25, 0.3) is 5.91 Å². The van der Waals surface area contributed by atoms with Crippen LogP contribution in [0.25, 0.3) is 0 Å². The molecule has 1 aliphatic heterocycles. The summed E-state index contributed by atoms with van der Waals surface area (Å²) in [4.78, 5) is 38.2. The second-order valence-electron chi connectivity index (χ2n) is 6.36. The molecule has 2 amide bonds. The van der Waals surface area contributed by atoms with Crippen molar-refractivity contribution in [3.05, 3.63) is 52.5 Å². The SMILES string of the molecule is COc1cccc(N2C[C@H](C(=O)OCC(=O)Nc3cccc(Cl)c3Cl)CC2=O)c1. The van der Waals surface area contributed by atoms with Crippen molar-refractivity contribution in [2.45, 2.75) is 6.42 Å². The Balaban J connectivity index is 1.55. The van der Waals surface area contributed by atoms with Crippen molar-refractivity contribution in [2.75, 3.05) is 30.5 Å². The second kappa shape index (κ2) is 9.15. The minimum Gasteiger partial charge on any atom is -0.497 e. The molecular formula is C20H18Cl2N2O5. The minimum atomic E-state index is -0.656. The molecule has 0 radical (unpaired) electrons. The number of carbonyl (C=O) groups excluding carboxylic acids is 3. The number of ether oxygens (including phenoxy) is 2. The fraction of sp³-hybridized carbons (Fsp3) is 0.250. The minimum absolute atomic E-state index is 0.0117. The third-order valence-corrected chi connectivity index (χ3v) is 5.21. The van der Waals surface area contributed by atoms with Crippen molar-refractivity contribution in [1.29, 1.82) is 0 Å². The zero-order valence-electron chi connectivity index (χ0n) is 15.5. The zero-order chi connectivity index (χ0) is 21.0. The van der Waals surface area contributed by atoms with Crippen LogP contribution in [0.5, 0.6) is 5.75 Å². The summed E-state index contributed by atoms with van der Waals surface area (Å²) in [5.41, 5.74) is 0.957. The van der Waals surface area contributed by atoms with Crippen LogP contribution in [0.3, 0.4) is 0 Å². The summed E-state index contributed by atoms with van der Waals surface area (Å²) in [6.07, 6.45) is 0.0117. The van der Waals surface area contributed by atoms with Gasteiger partial charge in [-0.15, -0.1) is 0 Å². The summed E-state index contributed by atoms with van der Waals surface area (Å²) < 4.78 is 10.2. The number of esters is 1. The van der Waals surface area contributed by atoms with Gasteiger partial charge in [-0.25, -0.2) is 0 Å². The molecule has 0 spiro atoms. The molecule has 0 bridgehead atoms. The van der Waals surface area contributed by atoms with Gasteiger partial charge in [-0.2, -0.15) is 0 Å². The van der Waals surface area contributed by atoms with E-state index in [9.17, 15) is 14.4 Å². The molecule has 9 heteroatoms. The highest BCUT2D eigenvalue weighted by atomic mass is 35.5. The van der Waals surface area contributed by atoms with Gasteiger partial charge in [-0.3, -0.25) is 14.4 Å². The van der Waals surface area contributed by atoms with Gasteiger partial charge in [-0.05, 0) is 24.3 Å². The van der Waals surface area contributed by atoms with Crippen molar-refractivity contribution < 1.29 is 23.9 Å². The monoisotopic (exact) mass is 436 g/mol. The number of halogens is 2. The molecule has 1 aliphatic rings. The van der Waals surface area contributed by atoms with E-state index < -0.39 is 24.4 Å². The molecule has 0 aromatic heterocycles. The normalized spacial score (nSPS) is 15.9. The van der Waals surface area contributed by atoms with Crippen LogP contribution < -0.4 is 15.0 Å². The zero-order valence-corrected chi connectivity index (χ0v) is 17.0. The quantitative estimate of drug-likeness (QED) is 0.699. The molecule has 2 aromatic carbocycles. The van der Waals surface area contributed by atoms with Crippen LogP contribution in [0.4, 0.5) is 11.4 Å². The van der Waals surface area contributed by atoms with Gasteiger partial charge in [0.05, 0.1) is 28.8 Å². The first-order valence-corrected chi connectivity index (χ1v) is 9.49. The Morgan fingerprint density at radius 3 is 2.72 bits per heavy atom. The summed E-state index contributed by atoms with van der Waals surface area (Å²) in [7, 11) is 1.53. The standard InChI is InChI=1S/C20H18Cl2N2O5/c1-28-14-5-2-4-13(9-14)24-10-12(8-18(24)26)20(27)29-11-17(25)23-16-7-3-6-15(21)19(16)22/h2-7,9,12H,8,10-11H2,1H3,(H,23,25)/t12-/m1/s1. The summed E-state index contributed by atoms with van der Waals surface area (Å²) in [5.74, 6) is -1.42. The number of amides is 2. The fourth-order valence-corrected chi connectivity index (χ4v) is 3.28. The average molecular weight is 437 g/mol. The molecule has 0 saturated carbocycles. The van der Waals surface area contributed by atoms with E-state index in [0.29, 0.717) is 22.1 Å². The topological polar surface area (TPSA) is 84.9 Å². The number of carbonyl (C=O) groups is 3. The van der Waals surface area contributed by atoms with Crippen molar-refractivity contribution in [1.82, 2.24) is 0 Å². The molecule has 3 rings (SSSR count). The van der Waals surface area contributed by atoms with Crippen molar-refractivity contribution >= 4 is 52.4 Å². The Morgan fingerprint density at radius 2 is 1.97 bits per heavy atom. The largest absolute Gasteiger partial charge is 0.497 e. The molecule has 0 unspecified atom stereocenters. The lowest BCUT2D eigenvalue weighted by Gasteiger charge is -2.17. The lowest BCUT2D eigenvalue weighted by atomic mass is 10.1.